The smallest absolute Gasteiger partial charge is 0.0843 e. The summed E-state index contributed by atoms with van der Waals surface area (Å²) in [6.07, 6.45) is 0. The summed E-state index contributed by atoms with van der Waals surface area (Å²) in [5, 5.41) is 9.17. The van der Waals surface area contributed by atoms with E-state index in [2.05, 4.69) is 4.98 Å². The molecule has 0 radical (unpaired) electrons. The number of benzene rings is 1. The van der Waals surface area contributed by atoms with E-state index < -0.39 is 0 Å². The molecule has 0 aliphatic carbocycles. The van der Waals surface area contributed by atoms with E-state index >= 15 is 0 Å². The summed E-state index contributed by atoms with van der Waals surface area (Å²) < 4.78 is 0. The van der Waals surface area contributed by atoms with Crippen LogP contribution in [-0.4, -0.2) is 0 Å². The molecular formula is C6H3Cl2N2+. The van der Waals surface area contributed by atoms with Crippen molar-refractivity contribution < 1.29 is 0 Å². The van der Waals surface area contributed by atoms with Gasteiger partial charge in [-0.1, -0.05) is 23.2 Å². The van der Waals surface area contributed by atoms with Gasteiger partial charge < -0.3 is 0 Å². The third-order valence-corrected chi connectivity index (χ3v) is 1.56. The van der Waals surface area contributed by atoms with Crippen LogP contribution in [0, 0.1) is 5.39 Å². The van der Waals surface area contributed by atoms with Gasteiger partial charge in [0.15, 0.2) is 4.98 Å². The van der Waals surface area contributed by atoms with Crippen molar-refractivity contribution in [1.29, 1.82) is 5.39 Å². The summed E-state index contributed by atoms with van der Waals surface area (Å²) in [6, 6.07) is 4.64. The number of nitrogens with zero attached hydrogens (tertiary/aromatic N) is 2. The summed E-state index contributed by atoms with van der Waals surface area (Å²) in [6.45, 7) is 0. The normalized spacial score (nSPS) is 8.90. The van der Waals surface area contributed by atoms with E-state index in [9.17, 15) is 0 Å². The third kappa shape index (κ3) is 1.38. The van der Waals surface area contributed by atoms with Gasteiger partial charge in [-0.2, -0.15) is 0 Å². The molecule has 0 heterocycles. The number of diazo groups is 1. The Balaban J connectivity index is 3.23. The van der Waals surface area contributed by atoms with Gasteiger partial charge in [-0.25, -0.2) is 0 Å². The summed E-state index contributed by atoms with van der Waals surface area (Å²) in [4.78, 5) is 2.92. The highest BCUT2D eigenvalue weighted by Crippen LogP contribution is 2.27. The second-order valence-electron chi connectivity index (χ2n) is 1.70. The summed E-state index contributed by atoms with van der Waals surface area (Å²) >= 11 is 11.2. The minimum absolute atomic E-state index is 0.325. The first kappa shape index (κ1) is 7.33. The average Bonchev–Trinajstić information content (AvgIpc) is 1.88. The minimum Gasteiger partial charge on any atom is -0.0843 e. The van der Waals surface area contributed by atoms with E-state index in [0.29, 0.717) is 15.7 Å². The van der Waals surface area contributed by atoms with E-state index in [0.717, 1.165) is 0 Å². The van der Waals surface area contributed by atoms with E-state index in [4.69, 9.17) is 28.6 Å². The first-order valence-corrected chi connectivity index (χ1v) is 3.30. The van der Waals surface area contributed by atoms with Gasteiger partial charge >= 0.3 is 5.69 Å². The van der Waals surface area contributed by atoms with Crippen molar-refractivity contribution in [1.82, 2.24) is 0 Å². The molecule has 0 saturated carbocycles. The van der Waals surface area contributed by atoms with E-state index in [1.807, 2.05) is 0 Å². The van der Waals surface area contributed by atoms with Crippen LogP contribution < -0.4 is 0 Å². The van der Waals surface area contributed by atoms with Crippen LogP contribution in [0.4, 0.5) is 5.69 Å². The number of hydrogen-bond acceptors (Lipinski definition) is 1. The number of halogens is 2. The second kappa shape index (κ2) is 2.87. The molecule has 50 valence electrons. The van der Waals surface area contributed by atoms with Crippen molar-refractivity contribution in [3.05, 3.63) is 33.2 Å². The lowest BCUT2D eigenvalue weighted by atomic mass is 10.3. The van der Waals surface area contributed by atoms with Crippen molar-refractivity contribution in [3.8, 4) is 0 Å². The molecule has 0 bridgehead atoms. The summed E-state index contributed by atoms with van der Waals surface area (Å²) in [5.74, 6) is 0. The van der Waals surface area contributed by atoms with E-state index in [1.165, 1.54) is 12.1 Å². The molecule has 0 aliphatic rings. The van der Waals surface area contributed by atoms with Gasteiger partial charge in [0.25, 0.3) is 0 Å². The molecule has 2 nitrogen and oxygen atoms in total. The van der Waals surface area contributed by atoms with Gasteiger partial charge in [-0.15, -0.1) is 0 Å². The molecule has 0 aromatic heterocycles. The molecule has 4 heteroatoms. The van der Waals surface area contributed by atoms with Crippen LogP contribution in [0.15, 0.2) is 18.2 Å². The zero-order valence-corrected chi connectivity index (χ0v) is 6.39. The Labute approximate surface area is 68.0 Å². The van der Waals surface area contributed by atoms with Crippen molar-refractivity contribution in [3.63, 3.8) is 0 Å². The molecule has 0 amide bonds. The maximum Gasteiger partial charge on any atom is 0.403 e. The van der Waals surface area contributed by atoms with Gasteiger partial charge in [0, 0.05) is 11.1 Å². The second-order valence-corrected chi connectivity index (χ2v) is 2.54. The minimum atomic E-state index is 0.325. The molecule has 0 aliphatic heterocycles. The van der Waals surface area contributed by atoms with Crippen LogP contribution in [0.1, 0.15) is 0 Å². The quantitative estimate of drug-likeness (QED) is 0.553. The Morgan fingerprint density at radius 2 is 2.00 bits per heavy atom. The fourth-order valence-corrected chi connectivity index (χ4v) is 1.01. The first-order valence-electron chi connectivity index (χ1n) is 2.54. The molecule has 1 aromatic carbocycles. The summed E-state index contributed by atoms with van der Waals surface area (Å²) in [7, 11) is 0. The molecule has 0 spiro atoms. The Kier molecular flexibility index (Phi) is 2.10. The molecule has 0 atom stereocenters. The van der Waals surface area contributed by atoms with Crippen LogP contribution >= 0.6 is 23.2 Å². The zero-order chi connectivity index (χ0) is 7.56. The maximum atomic E-state index is 8.31. The Bertz CT molecular complexity index is 290. The van der Waals surface area contributed by atoms with Crippen LogP contribution in [-0.2, 0) is 0 Å². The number of hydrogen-bond donors (Lipinski definition) is 0. The topological polar surface area (TPSA) is 28.1 Å². The van der Waals surface area contributed by atoms with E-state index in [-0.39, 0.29) is 0 Å². The summed E-state index contributed by atoms with van der Waals surface area (Å²) in [5.41, 5.74) is 0.325. The van der Waals surface area contributed by atoms with Crippen LogP contribution in [0.25, 0.3) is 4.98 Å². The lowest BCUT2D eigenvalue weighted by Gasteiger charge is -1.84. The first-order chi connectivity index (χ1) is 4.74. The van der Waals surface area contributed by atoms with Crippen molar-refractivity contribution in [2.75, 3.05) is 0 Å². The molecule has 1 aromatic rings. The molecule has 10 heavy (non-hydrogen) atoms. The van der Waals surface area contributed by atoms with Crippen LogP contribution in [0.3, 0.4) is 0 Å². The van der Waals surface area contributed by atoms with Gasteiger partial charge in [0.2, 0.25) is 5.39 Å². The SMILES string of the molecule is N#[N+]c1ccc(Cl)cc1Cl. The van der Waals surface area contributed by atoms with Crippen LogP contribution in [0.2, 0.25) is 10.0 Å². The highest BCUT2D eigenvalue weighted by atomic mass is 35.5. The molecule has 1 rings (SSSR count). The zero-order valence-electron chi connectivity index (χ0n) is 4.88. The Morgan fingerprint density at radius 3 is 2.50 bits per heavy atom. The van der Waals surface area contributed by atoms with Gasteiger partial charge in [-0.05, 0) is 12.1 Å². The molecule has 0 unspecified atom stereocenters. The molecule has 0 fully saturated rings. The van der Waals surface area contributed by atoms with Crippen molar-refractivity contribution >= 4 is 28.9 Å². The van der Waals surface area contributed by atoms with Crippen LogP contribution in [0.5, 0.6) is 0 Å². The van der Waals surface area contributed by atoms with E-state index in [1.54, 1.807) is 6.07 Å². The average molecular weight is 174 g/mol. The molecule has 0 saturated heterocycles. The fraction of sp³-hybridized carbons (Fsp3) is 0. The van der Waals surface area contributed by atoms with Crippen molar-refractivity contribution in [2.24, 2.45) is 0 Å². The molecule has 0 N–H and O–H groups in total. The Morgan fingerprint density at radius 1 is 1.30 bits per heavy atom. The highest BCUT2D eigenvalue weighted by Gasteiger charge is 2.10. The monoisotopic (exact) mass is 173 g/mol. The lowest BCUT2D eigenvalue weighted by molar-refractivity contribution is 1.46. The standard InChI is InChI=1S/C6H3Cl2N2/c7-4-1-2-6(10-9)5(8)3-4/h1-3H/q+1. The predicted octanol–water partition coefficient (Wildman–Crippen LogP) is 3.48. The van der Waals surface area contributed by atoms with Gasteiger partial charge in [0.1, 0.15) is 5.02 Å². The molecular weight excluding hydrogens is 171 g/mol. The Hall–Kier alpha value is -0.780. The fourth-order valence-electron chi connectivity index (χ4n) is 0.562. The van der Waals surface area contributed by atoms with Gasteiger partial charge in [0.05, 0.1) is 0 Å². The maximum absolute atomic E-state index is 8.31. The third-order valence-electron chi connectivity index (χ3n) is 1.02. The highest BCUT2D eigenvalue weighted by molar-refractivity contribution is 6.36. The van der Waals surface area contributed by atoms with Gasteiger partial charge in [-0.3, -0.25) is 0 Å². The van der Waals surface area contributed by atoms with Crippen molar-refractivity contribution in [2.45, 2.75) is 0 Å². The lowest BCUT2D eigenvalue weighted by Crippen LogP contribution is -1.65. The predicted molar refractivity (Wildman–Crippen MR) is 41.2 cm³/mol. The number of rotatable bonds is 0. The largest absolute Gasteiger partial charge is 0.403 e.